The fraction of sp³-hybridized carbons (Fsp3) is 0.500. The highest BCUT2D eigenvalue weighted by atomic mass is 19.1. The van der Waals surface area contributed by atoms with Crippen molar-refractivity contribution < 1.29 is 9.18 Å². The molecule has 1 heterocycles. The van der Waals surface area contributed by atoms with E-state index in [1.807, 2.05) is 7.05 Å². The van der Waals surface area contributed by atoms with Crippen molar-refractivity contribution in [3.63, 3.8) is 0 Å². The van der Waals surface area contributed by atoms with Crippen LogP contribution in [-0.2, 0) is 0 Å². The van der Waals surface area contributed by atoms with Crippen molar-refractivity contribution >= 4 is 11.6 Å². The average molecular weight is 265 g/mol. The van der Waals surface area contributed by atoms with E-state index in [1.165, 1.54) is 18.2 Å². The summed E-state index contributed by atoms with van der Waals surface area (Å²) in [6.07, 6.45) is 0. The Kier molecular flexibility index (Phi) is 3.49. The zero-order valence-electron chi connectivity index (χ0n) is 11.6. The van der Waals surface area contributed by atoms with Gasteiger partial charge in [0.05, 0.1) is 0 Å². The number of hydrogen-bond donors (Lipinski definition) is 1. The summed E-state index contributed by atoms with van der Waals surface area (Å²) in [5.41, 5.74) is 6.10. The summed E-state index contributed by atoms with van der Waals surface area (Å²) >= 11 is 0. The van der Waals surface area contributed by atoms with Crippen LogP contribution < -0.4 is 5.73 Å². The van der Waals surface area contributed by atoms with Crippen LogP contribution in [0.3, 0.4) is 0 Å². The first-order valence-corrected chi connectivity index (χ1v) is 6.36. The molecule has 2 N–H and O–H groups in total. The number of nitrogen functional groups attached to an aromatic ring is 1. The fourth-order valence-electron chi connectivity index (χ4n) is 2.33. The molecule has 4 nitrogen and oxygen atoms in total. The number of likely N-dealkylation sites (N-methyl/N-ethyl adjacent to an activating group) is 1. The van der Waals surface area contributed by atoms with Gasteiger partial charge in [-0.1, -0.05) is 0 Å². The van der Waals surface area contributed by atoms with E-state index in [-0.39, 0.29) is 17.1 Å². The molecule has 0 aliphatic carbocycles. The van der Waals surface area contributed by atoms with Gasteiger partial charge in [-0.15, -0.1) is 0 Å². The lowest BCUT2D eigenvalue weighted by Gasteiger charge is -2.45. The highest BCUT2D eigenvalue weighted by Gasteiger charge is 2.33. The topological polar surface area (TPSA) is 49.6 Å². The molecule has 19 heavy (non-hydrogen) atoms. The minimum absolute atomic E-state index is 0.0766. The van der Waals surface area contributed by atoms with E-state index in [0.717, 1.165) is 6.54 Å². The Morgan fingerprint density at radius 2 is 2.00 bits per heavy atom. The molecule has 1 aromatic rings. The molecular weight excluding hydrogens is 245 g/mol. The van der Waals surface area contributed by atoms with Crippen molar-refractivity contribution in [1.82, 2.24) is 9.80 Å². The quantitative estimate of drug-likeness (QED) is 0.784. The Labute approximate surface area is 113 Å². The molecule has 0 atom stereocenters. The van der Waals surface area contributed by atoms with Gasteiger partial charge in [-0.05, 0) is 39.1 Å². The molecule has 1 aromatic carbocycles. The van der Waals surface area contributed by atoms with Gasteiger partial charge < -0.3 is 10.6 Å². The zero-order valence-corrected chi connectivity index (χ0v) is 11.6. The van der Waals surface area contributed by atoms with Gasteiger partial charge in [0.15, 0.2) is 0 Å². The molecule has 0 bridgehead atoms. The van der Waals surface area contributed by atoms with Gasteiger partial charge in [-0.2, -0.15) is 0 Å². The number of benzene rings is 1. The van der Waals surface area contributed by atoms with Gasteiger partial charge in [-0.25, -0.2) is 4.39 Å². The number of anilines is 1. The van der Waals surface area contributed by atoms with Crippen LogP contribution in [0.15, 0.2) is 18.2 Å². The number of rotatable bonds is 1. The van der Waals surface area contributed by atoms with E-state index in [2.05, 4.69) is 18.7 Å². The average Bonchev–Trinajstić information content (AvgIpc) is 2.30. The molecule has 1 aliphatic heterocycles. The Bertz CT molecular complexity index is 481. The highest BCUT2D eigenvalue weighted by molar-refractivity contribution is 5.95. The molecule has 2 rings (SSSR count). The molecule has 1 amide bonds. The second-order valence-electron chi connectivity index (χ2n) is 5.73. The van der Waals surface area contributed by atoms with Crippen LogP contribution in [0.2, 0.25) is 0 Å². The Hall–Kier alpha value is -1.62. The van der Waals surface area contributed by atoms with Gasteiger partial charge in [0, 0.05) is 36.4 Å². The Morgan fingerprint density at radius 1 is 1.32 bits per heavy atom. The lowest BCUT2D eigenvalue weighted by molar-refractivity contribution is 0.0311. The summed E-state index contributed by atoms with van der Waals surface area (Å²) in [6, 6.07) is 3.98. The SMILES string of the molecule is CN1CCN(C(=O)c2cc(N)cc(F)c2)CC1(C)C. The van der Waals surface area contributed by atoms with Crippen molar-refractivity contribution in [1.29, 1.82) is 0 Å². The van der Waals surface area contributed by atoms with Crippen LogP contribution >= 0.6 is 0 Å². The van der Waals surface area contributed by atoms with Gasteiger partial charge in [0.25, 0.3) is 5.91 Å². The molecule has 0 aromatic heterocycles. The number of carbonyl (C=O) groups is 1. The normalized spacial score (nSPS) is 19.5. The summed E-state index contributed by atoms with van der Waals surface area (Å²) in [6.45, 7) is 6.26. The maximum atomic E-state index is 13.3. The van der Waals surface area contributed by atoms with Crippen molar-refractivity contribution in [2.24, 2.45) is 0 Å². The standard InChI is InChI=1S/C14H20FN3O/c1-14(2)9-18(5-4-17(14)3)13(19)10-6-11(15)8-12(16)7-10/h6-8H,4-5,9,16H2,1-3H3. The Morgan fingerprint density at radius 3 is 2.58 bits per heavy atom. The summed E-state index contributed by atoms with van der Waals surface area (Å²) < 4.78 is 13.3. The van der Waals surface area contributed by atoms with Crippen LogP contribution in [-0.4, -0.2) is 47.9 Å². The van der Waals surface area contributed by atoms with E-state index in [0.29, 0.717) is 18.7 Å². The molecule has 5 heteroatoms. The fourth-order valence-corrected chi connectivity index (χ4v) is 2.33. The van der Waals surface area contributed by atoms with E-state index in [1.54, 1.807) is 4.90 Å². The molecular formula is C14H20FN3O. The second kappa shape index (κ2) is 4.81. The molecule has 0 radical (unpaired) electrons. The molecule has 1 fully saturated rings. The van der Waals surface area contributed by atoms with Gasteiger partial charge in [0.1, 0.15) is 5.82 Å². The van der Waals surface area contributed by atoms with E-state index < -0.39 is 5.82 Å². The highest BCUT2D eigenvalue weighted by Crippen LogP contribution is 2.21. The van der Waals surface area contributed by atoms with Crippen LogP contribution in [0.5, 0.6) is 0 Å². The zero-order chi connectivity index (χ0) is 14.2. The number of nitrogens with zero attached hydrogens (tertiary/aromatic N) is 2. The summed E-state index contributed by atoms with van der Waals surface area (Å²) in [4.78, 5) is 16.4. The predicted molar refractivity (Wildman–Crippen MR) is 73.4 cm³/mol. The first-order valence-electron chi connectivity index (χ1n) is 6.36. The maximum Gasteiger partial charge on any atom is 0.254 e. The minimum Gasteiger partial charge on any atom is -0.399 e. The molecule has 1 saturated heterocycles. The minimum atomic E-state index is -0.475. The van der Waals surface area contributed by atoms with Crippen LogP contribution in [0.25, 0.3) is 0 Å². The summed E-state index contributed by atoms with van der Waals surface area (Å²) in [5.74, 6) is -0.635. The third-order valence-electron chi connectivity index (χ3n) is 3.77. The van der Waals surface area contributed by atoms with E-state index in [9.17, 15) is 9.18 Å². The van der Waals surface area contributed by atoms with Gasteiger partial charge >= 0.3 is 0 Å². The third-order valence-corrected chi connectivity index (χ3v) is 3.77. The van der Waals surface area contributed by atoms with Crippen molar-refractivity contribution in [3.8, 4) is 0 Å². The van der Waals surface area contributed by atoms with Crippen LogP contribution in [0.1, 0.15) is 24.2 Å². The van der Waals surface area contributed by atoms with Crippen molar-refractivity contribution in [3.05, 3.63) is 29.6 Å². The first kappa shape index (κ1) is 13.8. The number of halogens is 1. The van der Waals surface area contributed by atoms with Crippen LogP contribution in [0.4, 0.5) is 10.1 Å². The first-order chi connectivity index (χ1) is 8.79. The predicted octanol–water partition coefficient (Wildman–Crippen LogP) is 1.57. The number of carbonyl (C=O) groups excluding carboxylic acids is 1. The molecule has 104 valence electrons. The third kappa shape index (κ3) is 2.87. The number of amides is 1. The molecule has 1 aliphatic rings. The van der Waals surface area contributed by atoms with Crippen molar-refractivity contribution in [2.45, 2.75) is 19.4 Å². The molecule has 0 spiro atoms. The van der Waals surface area contributed by atoms with Crippen molar-refractivity contribution in [2.75, 3.05) is 32.4 Å². The van der Waals surface area contributed by atoms with Gasteiger partial charge in [0.2, 0.25) is 0 Å². The monoisotopic (exact) mass is 265 g/mol. The van der Waals surface area contributed by atoms with E-state index >= 15 is 0 Å². The molecule has 0 unspecified atom stereocenters. The van der Waals surface area contributed by atoms with Crippen LogP contribution in [0, 0.1) is 5.82 Å². The maximum absolute atomic E-state index is 13.3. The lowest BCUT2D eigenvalue weighted by Crippen LogP contribution is -2.58. The van der Waals surface area contributed by atoms with Gasteiger partial charge in [-0.3, -0.25) is 9.69 Å². The molecule has 0 saturated carbocycles. The second-order valence-corrected chi connectivity index (χ2v) is 5.73. The summed E-state index contributed by atoms with van der Waals surface area (Å²) in [7, 11) is 2.04. The number of nitrogens with two attached hydrogens (primary N) is 1. The lowest BCUT2D eigenvalue weighted by atomic mass is 9.99. The Balaban J connectivity index is 2.20. The van der Waals surface area contributed by atoms with E-state index in [4.69, 9.17) is 5.73 Å². The largest absolute Gasteiger partial charge is 0.399 e. The summed E-state index contributed by atoms with van der Waals surface area (Å²) in [5, 5.41) is 0. The smallest absolute Gasteiger partial charge is 0.254 e. The number of hydrogen-bond acceptors (Lipinski definition) is 3. The number of piperazine rings is 1.